The van der Waals surface area contributed by atoms with Crippen LogP contribution < -0.4 is 16.0 Å². The Kier molecular flexibility index (Phi) is 37.3. The standard InChI is InChI=1S/C42H72F9N4O12P/c1-3-34(17-10-4-7-13-21-53-37(56)40(43,44)45)27-61-32-62-28-35(18-11-5-8-14-22-54-38(57)41(46,47)48)29-63-33-64-30-36(19-12-6-9-15-23-55-39(58)42(49,50)51)31-67-68(59,65-24-16-20-52)66-26-25-60-2/h34-36H,3-19,21-33H2,1-2H3,(H,53,56)(H,54,57)(H,55,58). The smallest absolute Gasteiger partial charge is 0.382 e. The second-order valence-corrected chi connectivity index (χ2v) is 17.6. The van der Waals surface area contributed by atoms with Crippen LogP contribution in [0.15, 0.2) is 0 Å². The number of hydrogen-bond donors (Lipinski definition) is 3. The van der Waals surface area contributed by atoms with Crippen molar-refractivity contribution in [3.63, 3.8) is 0 Å². The summed E-state index contributed by atoms with van der Waals surface area (Å²) in [7, 11) is -2.70. The SMILES string of the molecule is CCC(CCCCCCNC(=O)C(F)(F)F)COCOCC(CCCCCCNC(=O)C(F)(F)F)COCOCC(CCCCCCNC(=O)C(F)(F)F)COP(=O)(OCCC#N)OCCOC. The first-order chi connectivity index (χ1) is 32.2. The number of phosphoric acid groups is 1. The summed E-state index contributed by atoms with van der Waals surface area (Å²) in [5.41, 5.74) is 0. The molecule has 68 heavy (non-hydrogen) atoms. The van der Waals surface area contributed by atoms with Gasteiger partial charge in [-0.1, -0.05) is 71.1 Å². The molecule has 400 valence electrons. The van der Waals surface area contributed by atoms with Crippen LogP contribution >= 0.6 is 7.82 Å². The van der Waals surface area contributed by atoms with Gasteiger partial charge in [-0.05, 0) is 44.4 Å². The van der Waals surface area contributed by atoms with E-state index < -0.39 is 44.1 Å². The number of ether oxygens (including phenoxy) is 5. The van der Waals surface area contributed by atoms with E-state index in [4.69, 9.17) is 42.5 Å². The van der Waals surface area contributed by atoms with Crippen molar-refractivity contribution in [2.45, 2.75) is 135 Å². The molecule has 0 aromatic carbocycles. The van der Waals surface area contributed by atoms with Crippen LogP contribution in [0.5, 0.6) is 0 Å². The fourth-order valence-electron chi connectivity index (χ4n) is 6.20. The lowest BCUT2D eigenvalue weighted by molar-refractivity contribution is -0.173. The Bertz CT molecular complexity index is 1410. The number of carbonyl (C=O) groups excluding carboxylic acids is 3. The topological polar surface area (TPSA) is 202 Å². The molecule has 0 aromatic rings. The zero-order valence-corrected chi connectivity index (χ0v) is 40.0. The first kappa shape index (κ1) is 65.2. The van der Waals surface area contributed by atoms with Crippen LogP contribution in [0, 0.1) is 29.1 Å². The van der Waals surface area contributed by atoms with E-state index >= 15 is 0 Å². The van der Waals surface area contributed by atoms with Gasteiger partial charge in [-0.15, -0.1) is 0 Å². The molecule has 0 aliphatic heterocycles. The molecule has 0 aliphatic carbocycles. The number of phosphoric ester groups is 1. The molecule has 0 saturated heterocycles. The Morgan fingerprint density at radius 2 is 0.868 bits per heavy atom. The molecule has 16 nitrogen and oxygen atoms in total. The highest BCUT2D eigenvalue weighted by molar-refractivity contribution is 7.48. The van der Waals surface area contributed by atoms with E-state index in [1.165, 1.54) is 7.11 Å². The molecule has 4 atom stereocenters. The van der Waals surface area contributed by atoms with E-state index in [0.717, 1.165) is 25.7 Å². The lowest BCUT2D eigenvalue weighted by Gasteiger charge is -2.22. The molecule has 0 fully saturated rings. The Hall–Kier alpha value is -2.82. The molecule has 0 rings (SSSR count). The molecule has 26 heteroatoms. The summed E-state index contributed by atoms with van der Waals surface area (Å²) in [4.78, 5) is 33.0. The largest absolute Gasteiger partial charge is 0.474 e. The van der Waals surface area contributed by atoms with Gasteiger partial charge in [0.25, 0.3) is 0 Å². The van der Waals surface area contributed by atoms with Crippen molar-refractivity contribution in [1.29, 1.82) is 5.26 Å². The van der Waals surface area contributed by atoms with Gasteiger partial charge in [-0.2, -0.15) is 44.8 Å². The fraction of sp³-hybridized carbons (Fsp3) is 0.905. The van der Waals surface area contributed by atoms with Gasteiger partial charge in [0.05, 0.1) is 65.3 Å². The Balaban J connectivity index is 5.21. The number of halogens is 9. The highest BCUT2D eigenvalue weighted by Gasteiger charge is 2.39. The summed E-state index contributed by atoms with van der Waals surface area (Å²) in [6.07, 6.45) is -5.18. The predicted octanol–water partition coefficient (Wildman–Crippen LogP) is 8.83. The quantitative estimate of drug-likeness (QED) is 0.0226. The van der Waals surface area contributed by atoms with Crippen molar-refractivity contribution in [3.8, 4) is 6.07 Å². The molecular weight excluding hydrogens is 954 g/mol. The molecule has 0 radical (unpaired) electrons. The van der Waals surface area contributed by atoms with Crippen LogP contribution in [0.4, 0.5) is 39.5 Å². The number of methoxy groups -OCH3 is 1. The van der Waals surface area contributed by atoms with E-state index in [0.29, 0.717) is 83.7 Å². The summed E-state index contributed by atoms with van der Waals surface area (Å²) < 4.78 is 169. The highest BCUT2D eigenvalue weighted by atomic mass is 31.2. The molecule has 0 aromatic heterocycles. The van der Waals surface area contributed by atoms with Crippen LogP contribution in [0.2, 0.25) is 0 Å². The number of nitriles is 1. The second-order valence-electron chi connectivity index (χ2n) is 15.9. The maximum atomic E-state index is 13.3. The summed E-state index contributed by atoms with van der Waals surface area (Å²) >= 11 is 0. The van der Waals surface area contributed by atoms with Gasteiger partial charge in [0, 0.05) is 38.6 Å². The third-order valence-corrected chi connectivity index (χ3v) is 11.5. The summed E-state index contributed by atoms with van der Waals surface area (Å²) in [5.74, 6) is -6.25. The Labute approximate surface area is 393 Å². The van der Waals surface area contributed by atoms with Crippen LogP contribution in [-0.4, -0.2) is 129 Å². The molecule has 0 saturated carbocycles. The van der Waals surface area contributed by atoms with Crippen molar-refractivity contribution in [2.75, 3.05) is 93.2 Å². The number of amides is 3. The van der Waals surface area contributed by atoms with Gasteiger partial charge in [-0.25, -0.2) is 4.57 Å². The summed E-state index contributed by atoms with van der Waals surface area (Å²) in [6.45, 7) is 2.05. The number of hydrogen-bond acceptors (Lipinski definition) is 13. The van der Waals surface area contributed by atoms with Crippen molar-refractivity contribution >= 4 is 25.5 Å². The van der Waals surface area contributed by atoms with Gasteiger partial charge in [-0.3, -0.25) is 28.0 Å². The van der Waals surface area contributed by atoms with E-state index in [-0.39, 0.29) is 104 Å². The number of carbonyl (C=O) groups is 3. The van der Waals surface area contributed by atoms with Gasteiger partial charge in [0.2, 0.25) is 0 Å². The number of rotatable bonds is 44. The van der Waals surface area contributed by atoms with Crippen LogP contribution in [-0.2, 0) is 56.2 Å². The first-order valence-electron chi connectivity index (χ1n) is 22.9. The normalized spacial score (nSPS) is 14.4. The fourth-order valence-corrected chi connectivity index (χ4v) is 7.43. The highest BCUT2D eigenvalue weighted by Crippen LogP contribution is 2.50. The predicted molar refractivity (Wildman–Crippen MR) is 228 cm³/mol. The molecule has 3 amide bonds. The zero-order valence-electron chi connectivity index (χ0n) is 39.1. The minimum Gasteiger partial charge on any atom is -0.382 e. The van der Waals surface area contributed by atoms with Crippen LogP contribution in [0.1, 0.15) is 116 Å². The van der Waals surface area contributed by atoms with E-state index in [9.17, 15) is 58.5 Å². The summed E-state index contributed by atoms with van der Waals surface area (Å²) in [6, 6.07) is 1.87. The average molecular weight is 1030 g/mol. The maximum Gasteiger partial charge on any atom is 0.474 e. The average Bonchev–Trinajstić information content (AvgIpc) is 3.27. The molecule has 4 unspecified atom stereocenters. The minimum absolute atomic E-state index is 0.00948. The van der Waals surface area contributed by atoms with E-state index in [2.05, 4.69) is 0 Å². The van der Waals surface area contributed by atoms with Crippen LogP contribution in [0.3, 0.4) is 0 Å². The number of unbranched alkanes of at least 4 members (excludes halogenated alkanes) is 9. The molecular formula is C42H72F9N4O12P. The molecule has 0 heterocycles. The number of nitrogens with one attached hydrogen (secondary N) is 3. The second kappa shape index (κ2) is 38.9. The number of nitrogens with zero attached hydrogens (tertiary/aromatic N) is 1. The molecule has 3 N–H and O–H groups in total. The monoisotopic (exact) mass is 1030 g/mol. The van der Waals surface area contributed by atoms with Gasteiger partial charge in [0.1, 0.15) is 13.6 Å². The molecule has 0 aliphatic rings. The van der Waals surface area contributed by atoms with Gasteiger partial charge < -0.3 is 39.6 Å². The molecule has 0 bridgehead atoms. The number of alkyl halides is 9. The Morgan fingerprint density at radius 1 is 0.515 bits per heavy atom. The third-order valence-electron chi connectivity index (χ3n) is 10.0. The van der Waals surface area contributed by atoms with Gasteiger partial charge >= 0.3 is 44.1 Å². The van der Waals surface area contributed by atoms with Gasteiger partial charge in [0.15, 0.2) is 0 Å². The van der Waals surface area contributed by atoms with E-state index in [1.54, 1.807) is 0 Å². The zero-order chi connectivity index (χ0) is 51.2. The first-order valence-corrected chi connectivity index (χ1v) is 24.4. The van der Waals surface area contributed by atoms with E-state index in [1.807, 2.05) is 28.9 Å². The van der Waals surface area contributed by atoms with Crippen molar-refractivity contribution < 1.29 is 95.7 Å². The van der Waals surface area contributed by atoms with Crippen LogP contribution in [0.25, 0.3) is 0 Å². The van der Waals surface area contributed by atoms with Crippen molar-refractivity contribution in [2.24, 2.45) is 17.8 Å². The maximum absolute atomic E-state index is 13.3. The third kappa shape index (κ3) is 37.1. The van der Waals surface area contributed by atoms with Crippen molar-refractivity contribution in [3.05, 3.63) is 0 Å². The van der Waals surface area contributed by atoms with Crippen molar-refractivity contribution in [1.82, 2.24) is 16.0 Å². The lowest BCUT2D eigenvalue weighted by atomic mass is 9.99. The minimum atomic E-state index is -4.97. The summed E-state index contributed by atoms with van der Waals surface area (Å²) in [5, 5.41) is 14.4. The molecule has 0 spiro atoms. The lowest BCUT2D eigenvalue weighted by Crippen LogP contribution is -2.37. The Morgan fingerprint density at radius 3 is 1.24 bits per heavy atom.